The van der Waals surface area contributed by atoms with E-state index in [4.69, 9.17) is 5.73 Å². The number of nitrogens with one attached hydrogen (secondary N) is 4. The van der Waals surface area contributed by atoms with Crippen molar-refractivity contribution in [3.63, 3.8) is 0 Å². The summed E-state index contributed by atoms with van der Waals surface area (Å²) in [5, 5.41) is 10.0. The van der Waals surface area contributed by atoms with E-state index in [1.807, 2.05) is 32.0 Å². The fourth-order valence-electron chi connectivity index (χ4n) is 3.53. The molecule has 1 unspecified atom stereocenters. The standard InChI is InChI=1S/C23H36N6O5/c1-14(2)20(22(33)26-4)29(5)23(34)17(11-15-9-7-6-8-10-15)28-21(32)16(12-18(30)25-3)27-19(31)13-24/h6-10,14,16-17,20H,11-13,24H2,1-5H3,(H,25,30)(H,26,33)(H,27,31)(H,28,32)/t16?,17-,20-/m0/s1. The van der Waals surface area contributed by atoms with Crippen molar-refractivity contribution in [3.8, 4) is 0 Å². The Labute approximate surface area is 200 Å². The Balaban J connectivity index is 3.24. The van der Waals surface area contributed by atoms with Gasteiger partial charge >= 0.3 is 0 Å². The summed E-state index contributed by atoms with van der Waals surface area (Å²) in [6.07, 6.45) is -0.186. The van der Waals surface area contributed by atoms with E-state index in [0.29, 0.717) is 0 Å². The second-order valence-electron chi connectivity index (χ2n) is 8.20. The zero-order chi connectivity index (χ0) is 25.8. The molecular weight excluding hydrogens is 440 g/mol. The van der Waals surface area contributed by atoms with Gasteiger partial charge in [0.25, 0.3) is 0 Å². The summed E-state index contributed by atoms with van der Waals surface area (Å²) in [5.74, 6) is -2.81. The van der Waals surface area contributed by atoms with Crippen LogP contribution in [0.1, 0.15) is 25.8 Å². The number of hydrogen-bond acceptors (Lipinski definition) is 6. The van der Waals surface area contributed by atoms with Crippen molar-refractivity contribution in [2.24, 2.45) is 11.7 Å². The molecule has 1 aromatic carbocycles. The first-order valence-electron chi connectivity index (χ1n) is 11.1. The van der Waals surface area contributed by atoms with Gasteiger partial charge in [-0.25, -0.2) is 0 Å². The molecule has 5 amide bonds. The lowest BCUT2D eigenvalue weighted by molar-refractivity contribution is -0.143. The minimum absolute atomic E-state index is 0.145. The van der Waals surface area contributed by atoms with Crippen LogP contribution >= 0.6 is 0 Å². The molecule has 0 aliphatic carbocycles. The van der Waals surface area contributed by atoms with Crippen LogP contribution in [0, 0.1) is 5.92 Å². The summed E-state index contributed by atoms with van der Waals surface area (Å²) in [6, 6.07) is 6.02. The average Bonchev–Trinajstić information content (AvgIpc) is 2.82. The average molecular weight is 477 g/mol. The predicted molar refractivity (Wildman–Crippen MR) is 127 cm³/mol. The molecule has 188 valence electrons. The van der Waals surface area contributed by atoms with Gasteiger partial charge in [0.2, 0.25) is 29.5 Å². The van der Waals surface area contributed by atoms with E-state index in [-0.39, 0.29) is 31.2 Å². The number of likely N-dealkylation sites (N-methyl/N-ethyl adjacent to an activating group) is 2. The van der Waals surface area contributed by atoms with Crippen molar-refractivity contribution in [3.05, 3.63) is 35.9 Å². The highest BCUT2D eigenvalue weighted by Crippen LogP contribution is 2.14. The molecule has 34 heavy (non-hydrogen) atoms. The lowest BCUT2D eigenvalue weighted by atomic mass is 9.99. The molecule has 11 heteroatoms. The molecule has 0 saturated heterocycles. The molecule has 0 aromatic heterocycles. The highest BCUT2D eigenvalue weighted by molar-refractivity contribution is 5.96. The maximum absolute atomic E-state index is 13.5. The maximum Gasteiger partial charge on any atom is 0.245 e. The van der Waals surface area contributed by atoms with Crippen LogP contribution in [-0.4, -0.2) is 80.2 Å². The van der Waals surface area contributed by atoms with Crippen molar-refractivity contribution >= 4 is 29.5 Å². The molecule has 0 spiro atoms. The first-order valence-corrected chi connectivity index (χ1v) is 11.1. The van der Waals surface area contributed by atoms with Crippen molar-refractivity contribution in [2.75, 3.05) is 27.7 Å². The zero-order valence-electron chi connectivity index (χ0n) is 20.4. The van der Waals surface area contributed by atoms with E-state index < -0.39 is 41.8 Å². The van der Waals surface area contributed by atoms with Crippen LogP contribution < -0.4 is 27.0 Å². The van der Waals surface area contributed by atoms with Crippen molar-refractivity contribution < 1.29 is 24.0 Å². The number of nitrogens with two attached hydrogens (primary N) is 1. The molecule has 11 nitrogen and oxygen atoms in total. The van der Waals surface area contributed by atoms with Gasteiger partial charge in [0.1, 0.15) is 18.1 Å². The van der Waals surface area contributed by atoms with E-state index in [9.17, 15) is 24.0 Å². The normalized spacial score (nSPS) is 13.3. The number of hydrogen-bond donors (Lipinski definition) is 5. The second-order valence-corrected chi connectivity index (χ2v) is 8.20. The van der Waals surface area contributed by atoms with Gasteiger partial charge < -0.3 is 31.9 Å². The van der Waals surface area contributed by atoms with Gasteiger partial charge in [0, 0.05) is 27.6 Å². The third kappa shape index (κ3) is 8.47. The molecule has 6 N–H and O–H groups in total. The molecule has 0 aliphatic rings. The monoisotopic (exact) mass is 476 g/mol. The molecule has 3 atom stereocenters. The summed E-state index contributed by atoms with van der Waals surface area (Å²) in [4.78, 5) is 64.0. The highest BCUT2D eigenvalue weighted by Gasteiger charge is 2.35. The minimum Gasteiger partial charge on any atom is -0.359 e. The summed E-state index contributed by atoms with van der Waals surface area (Å²) >= 11 is 0. The van der Waals surface area contributed by atoms with Crippen molar-refractivity contribution in [1.29, 1.82) is 0 Å². The summed E-state index contributed by atoms with van der Waals surface area (Å²) in [5.41, 5.74) is 6.12. The van der Waals surface area contributed by atoms with Gasteiger partial charge in [-0.05, 0) is 11.5 Å². The Morgan fingerprint density at radius 2 is 1.50 bits per heavy atom. The molecule has 1 aromatic rings. The predicted octanol–water partition coefficient (Wildman–Crippen LogP) is -1.48. The summed E-state index contributed by atoms with van der Waals surface area (Å²) in [7, 11) is 4.40. The van der Waals surface area contributed by atoms with E-state index in [2.05, 4.69) is 21.3 Å². The molecule has 0 radical (unpaired) electrons. The SMILES string of the molecule is CNC(=O)CC(NC(=O)CN)C(=O)N[C@@H](Cc1ccccc1)C(=O)N(C)[C@H](C(=O)NC)C(C)C. The lowest BCUT2D eigenvalue weighted by Crippen LogP contribution is -2.59. The zero-order valence-corrected chi connectivity index (χ0v) is 20.4. The topological polar surface area (TPSA) is 163 Å². The molecule has 0 aliphatic heterocycles. The molecule has 1 rings (SSSR count). The van der Waals surface area contributed by atoms with Crippen LogP contribution in [0.4, 0.5) is 0 Å². The number of amides is 5. The van der Waals surface area contributed by atoms with Crippen LogP contribution in [0.2, 0.25) is 0 Å². The van der Waals surface area contributed by atoms with Crippen molar-refractivity contribution in [2.45, 2.75) is 44.8 Å². The lowest BCUT2D eigenvalue weighted by Gasteiger charge is -2.33. The van der Waals surface area contributed by atoms with E-state index in [1.54, 1.807) is 12.1 Å². The van der Waals surface area contributed by atoms with Crippen LogP contribution in [0.25, 0.3) is 0 Å². The Kier molecular flexibility index (Phi) is 11.7. The molecule has 0 fully saturated rings. The highest BCUT2D eigenvalue weighted by atomic mass is 16.2. The quantitative estimate of drug-likeness (QED) is 0.247. The Morgan fingerprint density at radius 3 is 2.00 bits per heavy atom. The first-order chi connectivity index (χ1) is 16.0. The minimum atomic E-state index is -1.23. The third-order valence-corrected chi connectivity index (χ3v) is 5.31. The molecule has 0 saturated carbocycles. The van der Waals surface area contributed by atoms with Crippen LogP contribution in [-0.2, 0) is 30.4 Å². The van der Waals surface area contributed by atoms with Gasteiger partial charge in [-0.3, -0.25) is 24.0 Å². The Hall–Kier alpha value is -3.47. The van der Waals surface area contributed by atoms with Gasteiger partial charge in [-0.15, -0.1) is 0 Å². The smallest absolute Gasteiger partial charge is 0.245 e. The van der Waals surface area contributed by atoms with Gasteiger partial charge in [0.15, 0.2) is 0 Å². The summed E-state index contributed by atoms with van der Waals surface area (Å²) < 4.78 is 0. The Morgan fingerprint density at radius 1 is 0.882 bits per heavy atom. The van der Waals surface area contributed by atoms with Gasteiger partial charge in [-0.2, -0.15) is 0 Å². The maximum atomic E-state index is 13.5. The largest absolute Gasteiger partial charge is 0.359 e. The fraction of sp³-hybridized carbons (Fsp3) is 0.522. The van der Waals surface area contributed by atoms with E-state index >= 15 is 0 Å². The molecule has 0 bridgehead atoms. The number of rotatable bonds is 12. The molecular formula is C23H36N6O5. The van der Waals surface area contributed by atoms with Gasteiger partial charge in [-0.1, -0.05) is 44.2 Å². The first kappa shape index (κ1) is 28.6. The number of benzene rings is 1. The van der Waals surface area contributed by atoms with E-state index in [1.165, 1.54) is 26.0 Å². The third-order valence-electron chi connectivity index (χ3n) is 5.31. The summed E-state index contributed by atoms with van der Waals surface area (Å²) in [6.45, 7) is 3.27. The Bertz CT molecular complexity index is 843. The number of carbonyl (C=O) groups excluding carboxylic acids is 5. The fourth-order valence-corrected chi connectivity index (χ4v) is 3.53. The van der Waals surface area contributed by atoms with Crippen LogP contribution in [0.3, 0.4) is 0 Å². The number of carbonyl (C=O) groups is 5. The second kappa shape index (κ2) is 13.9. The van der Waals surface area contributed by atoms with Gasteiger partial charge in [0.05, 0.1) is 13.0 Å². The molecule has 0 heterocycles. The van der Waals surface area contributed by atoms with Crippen LogP contribution in [0.5, 0.6) is 0 Å². The van der Waals surface area contributed by atoms with Crippen molar-refractivity contribution in [1.82, 2.24) is 26.2 Å². The van der Waals surface area contributed by atoms with E-state index in [0.717, 1.165) is 5.56 Å². The van der Waals surface area contributed by atoms with Crippen LogP contribution in [0.15, 0.2) is 30.3 Å². The number of nitrogens with zero attached hydrogens (tertiary/aromatic N) is 1.